The Hall–Kier alpha value is -2.58. The van der Waals surface area contributed by atoms with Crippen molar-refractivity contribution in [1.82, 2.24) is 19.5 Å². The Kier molecular flexibility index (Phi) is 6.18. The van der Waals surface area contributed by atoms with Gasteiger partial charge in [0, 0.05) is 12.6 Å². The topological polar surface area (TPSA) is 172 Å². The number of fused-ring (bicyclic) bond motifs is 1. The zero-order valence-corrected chi connectivity index (χ0v) is 17.0. The fourth-order valence-corrected chi connectivity index (χ4v) is 3.67. The first kappa shape index (κ1) is 22.6. The van der Waals surface area contributed by atoms with Crippen LogP contribution in [0.4, 0.5) is 14.6 Å². The zero-order valence-electron chi connectivity index (χ0n) is 16.1. The van der Waals surface area contributed by atoms with Crippen LogP contribution in [-0.2, 0) is 20.4 Å². The molecule has 0 spiro atoms. The molecule has 0 bridgehead atoms. The lowest BCUT2D eigenvalue weighted by molar-refractivity contribution is -0.0504. The fourth-order valence-electron chi connectivity index (χ4n) is 3.33. The third-order valence-electron chi connectivity index (χ3n) is 4.76. The predicted octanol–water partition coefficient (Wildman–Crippen LogP) is 0.445. The first-order chi connectivity index (χ1) is 15.1. The summed E-state index contributed by atoms with van der Waals surface area (Å²) in [6, 6.07) is 3.08. The Balaban J connectivity index is 1.54. The van der Waals surface area contributed by atoms with Gasteiger partial charge in [-0.1, -0.05) is 0 Å². The molecule has 0 saturated carbocycles. The predicted molar refractivity (Wildman–Crippen MR) is 103 cm³/mol. The SMILES string of the molecule is O=P(O)(O)OC[C@H]1O[C@@H](n2cnc3c(NCc4cc(F)cc(F)c4)ncnc32)[C@H](O)[C@@H]1O. The third-order valence-corrected chi connectivity index (χ3v) is 5.24. The minimum atomic E-state index is -4.80. The van der Waals surface area contributed by atoms with Crippen LogP contribution in [0.3, 0.4) is 0 Å². The van der Waals surface area contributed by atoms with E-state index in [-0.39, 0.29) is 23.5 Å². The van der Waals surface area contributed by atoms with Crippen molar-refractivity contribution < 1.29 is 42.6 Å². The lowest BCUT2D eigenvalue weighted by Gasteiger charge is -2.16. The van der Waals surface area contributed by atoms with Crippen LogP contribution in [-0.4, -0.2) is 64.4 Å². The highest BCUT2D eigenvalue weighted by molar-refractivity contribution is 7.46. The van der Waals surface area contributed by atoms with Gasteiger partial charge in [0.1, 0.15) is 36.3 Å². The van der Waals surface area contributed by atoms with Crippen LogP contribution < -0.4 is 5.32 Å². The second-order valence-electron chi connectivity index (χ2n) is 7.01. The molecule has 1 aliphatic rings. The number of aromatic nitrogens is 4. The van der Waals surface area contributed by atoms with Crippen LogP contribution in [0.1, 0.15) is 11.8 Å². The van der Waals surface area contributed by atoms with E-state index in [4.69, 9.17) is 14.5 Å². The van der Waals surface area contributed by atoms with Crippen LogP contribution in [0.2, 0.25) is 0 Å². The third kappa shape index (κ3) is 4.76. The van der Waals surface area contributed by atoms with Crippen LogP contribution in [0.5, 0.6) is 0 Å². The molecule has 0 aliphatic carbocycles. The van der Waals surface area contributed by atoms with Crippen molar-refractivity contribution >= 4 is 24.8 Å². The lowest BCUT2D eigenvalue weighted by Crippen LogP contribution is -2.33. The van der Waals surface area contributed by atoms with Crippen molar-refractivity contribution in [3.63, 3.8) is 0 Å². The number of anilines is 1. The molecule has 32 heavy (non-hydrogen) atoms. The molecule has 3 aromatic rings. The molecule has 1 aliphatic heterocycles. The molecule has 1 fully saturated rings. The van der Waals surface area contributed by atoms with Gasteiger partial charge in [-0.2, -0.15) is 0 Å². The van der Waals surface area contributed by atoms with Gasteiger partial charge in [-0.05, 0) is 17.7 Å². The number of benzene rings is 1. The Labute approximate surface area is 178 Å². The molecule has 0 radical (unpaired) electrons. The van der Waals surface area contributed by atoms with Crippen molar-refractivity contribution in [3.8, 4) is 0 Å². The lowest BCUT2D eigenvalue weighted by atomic mass is 10.1. The van der Waals surface area contributed by atoms with Gasteiger partial charge in [0.15, 0.2) is 23.2 Å². The van der Waals surface area contributed by atoms with Gasteiger partial charge in [-0.15, -0.1) is 0 Å². The number of nitrogens with zero attached hydrogens (tertiary/aromatic N) is 4. The zero-order chi connectivity index (χ0) is 23.0. The Morgan fingerprint density at radius 3 is 2.53 bits per heavy atom. The number of hydrogen-bond donors (Lipinski definition) is 5. The first-order valence-corrected chi connectivity index (χ1v) is 10.7. The molecule has 1 aromatic carbocycles. The summed E-state index contributed by atoms with van der Waals surface area (Å²) in [5, 5.41) is 23.4. The molecular formula is C17H18F2N5O7P. The maximum Gasteiger partial charge on any atom is 0.469 e. The van der Waals surface area contributed by atoms with Gasteiger partial charge in [0.2, 0.25) is 0 Å². The molecule has 1 saturated heterocycles. The summed E-state index contributed by atoms with van der Waals surface area (Å²) in [7, 11) is -4.80. The summed E-state index contributed by atoms with van der Waals surface area (Å²) >= 11 is 0. The van der Waals surface area contributed by atoms with Crippen molar-refractivity contribution in [2.75, 3.05) is 11.9 Å². The van der Waals surface area contributed by atoms with Gasteiger partial charge in [-0.3, -0.25) is 9.09 Å². The molecule has 5 N–H and O–H groups in total. The van der Waals surface area contributed by atoms with E-state index >= 15 is 0 Å². The average Bonchev–Trinajstić information content (AvgIpc) is 3.25. The monoisotopic (exact) mass is 473 g/mol. The number of rotatable bonds is 7. The van der Waals surface area contributed by atoms with E-state index in [1.807, 2.05) is 0 Å². The molecule has 2 aromatic heterocycles. The Morgan fingerprint density at radius 1 is 1.12 bits per heavy atom. The van der Waals surface area contributed by atoms with Gasteiger partial charge >= 0.3 is 7.82 Å². The molecule has 3 heterocycles. The smallest absolute Gasteiger partial charge is 0.387 e. The molecule has 0 amide bonds. The average molecular weight is 473 g/mol. The maximum absolute atomic E-state index is 13.4. The van der Waals surface area contributed by atoms with Crippen molar-refractivity contribution in [3.05, 3.63) is 48.1 Å². The highest BCUT2D eigenvalue weighted by atomic mass is 31.2. The number of nitrogens with one attached hydrogen (secondary N) is 1. The van der Waals surface area contributed by atoms with E-state index in [9.17, 15) is 23.6 Å². The van der Waals surface area contributed by atoms with Crippen LogP contribution in [0.15, 0.2) is 30.9 Å². The van der Waals surface area contributed by atoms with Crippen molar-refractivity contribution in [2.45, 2.75) is 31.1 Å². The number of hydrogen-bond acceptors (Lipinski definition) is 9. The van der Waals surface area contributed by atoms with E-state index in [0.29, 0.717) is 5.56 Å². The van der Waals surface area contributed by atoms with E-state index < -0.39 is 50.6 Å². The maximum atomic E-state index is 13.4. The first-order valence-electron chi connectivity index (χ1n) is 9.20. The van der Waals surface area contributed by atoms with E-state index in [0.717, 1.165) is 18.2 Å². The number of phosphoric ester groups is 1. The van der Waals surface area contributed by atoms with E-state index in [1.54, 1.807) is 0 Å². The van der Waals surface area contributed by atoms with E-state index in [2.05, 4.69) is 24.8 Å². The second-order valence-corrected chi connectivity index (χ2v) is 8.25. The highest BCUT2D eigenvalue weighted by Gasteiger charge is 2.45. The summed E-state index contributed by atoms with van der Waals surface area (Å²) in [4.78, 5) is 30.0. The summed E-state index contributed by atoms with van der Waals surface area (Å²) in [5.41, 5.74) is 0.796. The van der Waals surface area contributed by atoms with Crippen LogP contribution >= 0.6 is 7.82 Å². The van der Waals surface area contributed by atoms with Crippen molar-refractivity contribution in [1.29, 1.82) is 0 Å². The summed E-state index contributed by atoms with van der Waals surface area (Å²) in [6.45, 7) is -0.617. The minimum absolute atomic E-state index is 0.0384. The fraction of sp³-hybridized carbons (Fsp3) is 0.353. The molecule has 172 valence electrons. The molecule has 4 rings (SSSR count). The van der Waals surface area contributed by atoms with Gasteiger partial charge in [-0.25, -0.2) is 28.3 Å². The van der Waals surface area contributed by atoms with Gasteiger partial charge < -0.3 is 30.1 Å². The van der Waals surface area contributed by atoms with Crippen LogP contribution in [0.25, 0.3) is 11.2 Å². The standard InChI is InChI=1S/C17H18F2N5O7P/c18-9-1-8(2-10(19)3-9)4-20-15-12-16(22-6-21-15)24(7-23-12)17-14(26)13(25)11(31-17)5-30-32(27,28)29/h1-3,6-7,11,13-14,17,25-26H,4-5H2,(H,20,21,22)(H2,27,28,29)/t11-,13-,14-,17-/m1/s1. The number of aliphatic hydroxyl groups is 2. The number of phosphoric acid groups is 1. The largest absolute Gasteiger partial charge is 0.469 e. The van der Waals surface area contributed by atoms with Gasteiger partial charge in [0.25, 0.3) is 0 Å². The molecular weight excluding hydrogens is 455 g/mol. The quantitative estimate of drug-likeness (QED) is 0.302. The van der Waals surface area contributed by atoms with Crippen molar-refractivity contribution in [2.24, 2.45) is 0 Å². The summed E-state index contributed by atoms with van der Waals surface area (Å²) in [6.07, 6.45) is -2.89. The molecule has 12 nitrogen and oxygen atoms in total. The summed E-state index contributed by atoms with van der Waals surface area (Å²) < 4.78 is 48.8. The molecule has 0 unspecified atom stereocenters. The van der Waals surface area contributed by atoms with Crippen LogP contribution in [0, 0.1) is 11.6 Å². The number of imidazole rings is 1. The second kappa shape index (κ2) is 8.75. The summed E-state index contributed by atoms with van der Waals surface area (Å²) in [5.74, 6) is -1.20. The Bertz CT molecular complexity index is 1160. The minimum Gasteiger partial charge on any atom is -0.387 e. The van der Waals surface area contributed by atoms with E-state index in [1.165, 1.54) is 17.2 Å². The number of aliphatic hydroxyl groups excluding tert-OH is 2. The number of ether oxygens (including phenoxy) is 1. The highest BCUT2D eigenvalue weighted by Crippen LogP contribution is 2.39. The Morgan fingerprint density at radius 2 is 1.84 bits per heavy atom. The molecule has 4 atom stereocenters. The van der Waals surface area contributed by atoms with Gasteiger partial charge in [0.05, 0.1) is 12.9 Å². The normalized spacial score (nSPS) is 23.7. The molecule has 15 heteroatoms. The number of halogens is 2.